The second-order valence-corrected chi connectivity index (χ2v) is 8.94. The van der Waals surface area contributed by atoms with Crippen molar-refractivity contribution in [2.24, 2.45) is 5.73 Å². The maximum Gasteiger partial charge on any atom is 0.254 e. The molecule has 0 spiro atoms. The van der Waals surface area contributed by atoms with Crippen LogP contribution in [0.25, 0.3) is 22.9 Å². The number of amides is 2. The number of rotatable bonds is 3. The van der Waals surface area contributed by atoms with Gasteiger partial charge in [0.2, 0.25) is 0 Å². The van der Waals surface area contributed by atoms with Crippen LogP contribution in [-0.4, -0.2) is 58.5 Å². The number of hydrogen-bond acceptors (Lipinski definition) is 4. The van der Waals surface area contributed by atoms with E-state index in [4.69, 9.17) is 5.73 Å². The molecule has 6 nitrogen and oxygen atoms in total. The van der Waals surface area contributed by atoms with Crippen molar-refractivity contribution >= 4 is 23.6 Å². The van der Waals surface area contributed by atoms with Gasteiger partial charge < -0.3 is 20.6 Å². The third kappa shape index (κ3) is 4.04. The van der Waals surface area contributed by atoms with E-state index in [1.54, 1.807) is 21.9 Å². The Morgan fingerprint density at radius 2 is 1.73 bits per heavy atom. The number of piperazine rings is 1. The molecule has 3 aliphatic rings. The fourth-order valence-corrected chi connectivity index (χ4v) is 4.44. The molecule has 33 heavy (non-hydrogen) atoms. The van der Waals surface area contributed by atoms with Crippen LogP contribution in [0.1, 0.15) is 29.6 Å². The van der Waals surface area contributed by atoms with Gasteiger partial charge in [-0.2, -0.15) is 0 Å². The number of nitrogens with two attached hydrogens (primary N) is 1. The Labute approximate surface area is 191 Å². The van der Waals surface area contributed by atoms with Gasteiger partial charge in [-0.3, -0.25) is 9.59 Å². The van der Waals surface area contributed by atoms with Crippen molar-refractivity contribution in [3.05, 3.63) is 70.4 Å². The van der Waals surface area contributed by atoms with Gasteiger partial charge in [0.15, 0.2) is 0 Å². The summed E-state index contributed by atoms with van der Waals surface area (Å²) in [7, 11) is 0. The third-order valence-electron chi connectivity index (χ3n) is 6.65. The molecule has 1 saturated heterocycles. The number of allylic oxidation sites excluding steroid dienone is 1. The second-order valence-electron chi connectivity index (χ2n) is 8.94. The molecule has 2 fully saturated rings. The first-order valence-electron chi connectivity index (χ1n) is 11.2. The fraction of sp³-hybridized carbons (Fsp3) is 0.308. The summed E-state index contributed by atoms with van der Waals surface area (Å²) in [5, 5.41) is 11.9. The summed E-state index contributed by atoms with van der Waals surface area (Å²) < 4.78 is 15.1. The number of halogens is 1. The topological polar surface area (TPSA) is 86.9 Å². The summed E-state index contributed by atoms with van der Waals surface area (Å²) in [6, 6.07) is 10.2. The monoisotopic (exact) mass is 447 g/mol. The zero-order chi connectivity index (χ0) is 23.2. The molecule has 5 rings (SSSR count). The highest BCUT2D eigenvalue weighted by Crippen LogP contribution is 2.37. The summed E-state index contributed by atoms with van der Waals surface area (Å²) in [4.78, 5) is 28.4. The van der Waals surface area contributed by atoms with Gasteiger partial charge in [0.25, 0.3) is 11.8 Å². The summed E-state index contributed by atoms with van der Waals surface area (Å²) in [6.07, 6.45) is 7.57. The van der Waals surface area contributed by atoms with Crippen molar-refractivity contribution in [1.82, 2.24) is 9.80 Å². The quantitative estimate of drug-likeness (QED) is 0.738. The molecule has 0 atom stereocenters. The Balaban J connectivity index is 1.33. The number of carbonyl (C=O) groups is 2. The molecule has 0 bridgehead atoms. The van der Waals surface area contributed by atoms with E-state index >= 15 is 4.39 Å². The SMILES string of the molecule is NC1=c2ccc(-c3ccc(C(=O)N4CCN(C(=O)C5(O)CC5)CC4)cc3F)cc2=CC=CC1. The average molecular weight is 448 g/mol. The van der Waals surface area contributed by atoms with Crippen LogP contribution in [0.3, 0.4) is 0 Å². The molecule has 2 amide bonds. The molecule has 0 unspecified atom stereocenters. The smallest absolute Gasteiger partial charge is 0.254 e. The number of aliphatic hydroxyl groups is 1. The van der Waals surface area contributed by atoms with Crippen LogP contribution in [0.15, 0.2) is 48.6 Å². The highest BCUT2D eigenvalue weighted by Gasteiger charge is 2.50. The van der Waals surface area contributed by atoms with Gasteiger partial charge in [0.05, 0.1) is 0 Å². The van der Waals surface area contributed by atoms with Gasteiger partial charge in [-0.05, 0) is 41.8 Å². The highest BCUT2D eigenvalue weighted by atomic mass is 19.1. The molecule has 0 aromatic heterocycles. The normalized spacial score (nSPS) is 18.9. The van der Waals surface area contributed by atoms with E-state index in [1.807, 2.05) is 36.4 Å². The van der Waals surface area contributed by atoms with Crippen molar-refractivity contribution in [3.8, 4) is 11.1 Å². The van der Waals surface area contributed by atoms with E-state index in [-0.39, 0.29) is 17.4 Å². The lowest BCUT2D eigenvalue weighted by Crippen LogP contribution is -2.53. The summed E-state index contributed by atoms with van der Waals surface area (Å²) in [5.41, 5.74) is 7.12. The number of nitrogens with zero attached hydrogens (tertiary/aromatic N) is 2. The van der Waals surface area contributed by atoms with Crippen molar-refractivity contribution < 1.29 is 19.1 Å². The number of hydrogen-bond donors (Lipinski definition) is 2. The minimum absolute atomic E-state index is 0.252. The Hall–Kier alpha value is -3.45. The predicted octanol–water partition coefficient (Wildman–Crippen LogP) is 1.11. The van der Waals surface area contributed by atoms with Crippen LogP contribution < -0.4 is 16.2 Å². The summed E-state index contributed by atoms with van der Waals surface area (Å²) >= 11 is 0. The Morgan fingerprint density at radius 1 is 1.00 bits per heavy atom. The molecule has 2 aromatic rings. The zero-order valence-corrected chi connectivity index (χ0v) is 18.3. The van der Waals surface area contributed by atoms with Gasteiger partial charge in [-0.15, -0.1) is 0 Å². The first kappa shape index (κ1) is 21.4. The van der Waals surface area contributed by atoms with E-state index in [0.29, 0.717) is 51.0 Å². The predicted molar refractivity (Wildman–Crippen MR) is 124 cm³/mol. The van der Waals surface area contributed by atoms with E-state index < -0.39 is 11.4 Å². The van der Waals surface area contributed by atoms with Crippen LogP contribution in [0.2, 0.25) is 0 Å². The van der Waals surface area contributed by atoms with Crippen molar-refractivity contribution in [2.45, 2.75) is 24.9 Å². The molecule has 0 radical (unpaired) electrons. The maximum atomic E-state index is 15.1. The minimum atomic E-state index is -1.20. The number of fused-ring (bicyclic) bond motifs is 1. The lowest BCUT2D eigenvalue weighted by atomic mass is 10.0. The highest BCUT2D eigenvalue weighted by molar-refractivity contribution is 5.95. The van der Waals surface area contributed by atoms with Crippen LogP contribution in [-0.2, 0) is 4.79 Å². The van der Waals surface area contributed by atoms with Crippen LogP contribution in [0.4, 0.5) is 4.39 Å². The molecule has 3 N–H and O–H groups in total. The van der Waals surface area contributed by atoms with Gasteiger partial charge in [-0.25, -0.2) is 4.39 Å². The summed E-state index contributed by atoms with van der Waals surface area (Å²) in [5.74, 6) is -0.981. The standard InChI is InChI=1S/C26H26FN3O3/c27-22-16-19(24(31)29-11-13-30(14-12-29)25(32)26(33)9-10-26)6-7-20(22)18-5-8-21-17(15-18)3-1-2-4-23(21)28/h1-3,5-8,15-16,33H,4,9-14,28H2. The van der Waals surface area contributed by atoms with Crippen LogP contribution in [0, 0.1) is 5.82 Å². The molecular formula is C26H26FN3O3. The lowest BCUT2D eigenvalue weighted by molar-refractivity contribution is -0.143. The number of benzene rings is 2. The average Bonchev–Trinajstić information content (AvgIpc) is 3.61. The molecule has 170 valence electrons. The van der Waals surface area contributed by atoms with Crippen molar-refractivity contribution in [1.29, 1.82) is 0 Å². The number of carbonyl (C=O) groups excluding carboxylic acids is 2. The minimum Gasteiger partial charge on any atom is -0.401 e. The lowest BCUT2D eigenvalue weighted by Gasteiger charge is -2.35. The van der Waals surface area contributed by atoms with E-state index in [0.717, 1.165) is 21.7 Å². The largest absolute Gasteiger partial charge is 0.401 e. The second kappa shape index (κ2) is 8.15. The van der Waals surface area contributed by atoms with Gasteiger partial charge in [-0.1, -0.05) is 36.4 Å². The first-order valence-corrected chi connectivity index (χ1v) is 11.2. The zero-order valence-electron chi connectivity index (χ0n) is 18.3. The van der Waals surface area contributed by atoms with E-state index in [2.05, 4.69) is 0 Å². The van der Waals surface area contributed by atoms with E-state index in [9.17, 15) is 14.7 Å². The van der Waals surface area contributed by atoms with Crippen LogP contribution in [0.5, 0.6) is 0 Å². The molecule has 1 aliphatic heterocycles. The molecule has 2 aliphatic carbocycles. The van der Waals surface area contributed by atoms with Gasteiger partial charge >= 0.3 is 0 Å². The maximum absolute atomic E-state index is 15.1. The molecule has 2 aromatic carbocycles. The molecular weight excluding hydrogens is 421 g/mol. The van der Waals surface area contributed by atoms with Gasteiger partial charge in [0.1, 0.15) is 11.4 Å². The molecule has 1 heterocycles. The third-order valence-corrected chi connectivity index (χ3v) is 6.65. The van der Waals surface area contributed by atoms with Crippen molar-refractivity contribution in [2.75, 3.05) is 26.2 Å². The van der Waals surface area contributed by atoms with E-state index in [1.165, 1.54) is 6.07 Å². The summed E-state index contributed by atoms with van der Waals surface area (Å²) in [6.45, 7) is 1.45. The Bertz CT molecular complexity index is 1290. The van der Waals surface area contributed by atoms with Crippen molar-refractivity contribution in [3.63, 3.8) is 0 Å². The first-order chi connectivity index (χ1) is 15.9. The van der Waals surface area contributed by atoms with Crippen LogP contribution >= 0.6 is 0 Å². The van der Waals surface area contributed by atoms with Gasteiger partial charge in [0, 0.05) is 54.6 Å². The molecule has 7 heteroatoms. The molecule has 1 saturated carbocycles. The Kier molecular flexibility index (Phi) is 5.29. The fourth-order valence-electron chi connectivity index (χ4n) is 4.44. The Morgan fingerprint density at radius 3 is 2.42 bits per heavy atom.